The maximum Gasteiger partial charge on any atom is 0.308 e. The van der Waals surface area contributed by atoms with Crippen molar-refractivity contribution in [2.75, 3.05) is 13.1 Å². The molecule has 0 aromatic heterocycles. The van der Waals surface area contributed by atoms with Gasteiger partial charge in [0.05, 0.1) is 6.42 Å². The van der Waals surface area contributed by atoms with E-state index < -0.39 is 12.0 Å². The lowest BCUT2D eigenvalue weighted by Crippen LogP contribution is -2.58. The molecule has 1 aliphatic heterocycles. The van der Waals surface area contributed by atoms with E-state index in [-0.39, 0.29) is 24.3 Å². The average molecular weight is 451 g/mol. The molecule has 2 aromatic rings. The van der Waals surface area contributed by atoms with E-state index in [0.717, 1.165) is 37.7 Å². The van der Waals surface area contributed by atoms with Gasteiger partial charge < -0.3 is 19.7 Å². The van der Waals surface area contributed by atoms with Crippen molar-refractivity contribution in [1.82, 2.24) is 10.2 Å². The van der Waals surface area contributed by atoms with E-state index in [2.05, 4.69) is 5.32 Å². The minimum Gasteiger partial charge on any atom is -0.489 e. The van der Waals surface area contributed by atoms with Crippen molar-refractivity contribution in [3.05, 3.63) is 65.7 Å². The van der Waals surface area contributed by atoms with Crippen LogP contribution in [0.25, 0.3) is 0 Å². The molecule has 1 saturated heterocycles. The normalized spacial score (nSPS) is 19.0. The molecule has 7 heteroatoms. The Balaban J connectivity index is 1.37. The third-order valence-electron chi connectivity index (χ3n) is 6.15. The van der Waals surface area contributed by atoms with Crippen LogP contribution >= 0.6 is 0 Å². The van der Waals surface area contributed by atoms with E-state index in [1.807, 2.05) is 30.3 Å². The average Bonchev–Trinajstić information content (AvgIpc) is 2.85. The molecule has 7 nitrogen and oxygen atoms in total. The van der Waals surface area contributed by atoms with Gasteiger partial charge in [0.25, 0.3) is 5.91 Å². The van der Waals surface area contributed by atoms with Crippen LogP contribution in [-0.4, -0.2) is 47.9 Å². The fourth-order valence-corrected chi connectivity index (χ4v) is 4.34. The van der Waals surface area contributed by atoms with Crippen LogP contribution in [0, 0.1) is 0 Å². The molecule has 0 radical (unpaired) electrons. The Morgan fingerprint density at radius 3 is 2.42 bits per heavy atom. The number of nitrogens with one attached hydrogen (secondary N) is 1. The highest BCUT2D eigenvalue weighted by Gasteiger charge is 2.36. The molecule has 1 aliphatic carbocycles. The molecule has 1 N–H and O–H groups in total. The Hall–Kier alpha value is -3.35. The number of carbonyl (C=O) groups is 3. The predicted octanol–water partition coefficient (Wildman–Crippen LogP) is 3.47. The number of amides is 2. The maximum atomic E-state index is 13.2. The molecule has 1 saturated carbocycles. The van der Waals surface area contributed by atoms with Crippen molar-refractivity contribution < 1.29 is 23.9 Å². The van der Waals surface area contributed by atoms with Crippen molar-refractivity contribution in [1.29, 1.82) is 0 Å². The first kappa shape index (κ1) is 22.8. The summed E-state index contributed by atoms with van der Waals surface area (Å²) in [5.41, 5.74) is 1.50. The van der Waals surface area contributed by atoms with E-state index in [1.165, 1.54) is 4.90 Å². The molecule has 1 unspecified atom stereocenters. The number of hydrogen-bond acceptors (Lipinski definition) is 5. The third-order valence-corrected chi connectivity index (χ3v) is 6.15. The lowest BCUT2D eigenvalue weighted by atomic mass is 9.98. The molecule has 1 heterocycles. The molecule has 2 fully saturated rings. The van der Waals surface area contributed by atoms with Crippen LogP contribution in [-0.2, 0) is 20.9 Å². The highest BCUT2D eigenvalue weighted by molar-refractivity contribution is 5.99. The number of nitrogens with zero attached hydrogens (tertiary/aromatic N) is 1. The Bertz CT molecular complexity index is 954. The van der Waals surface area contributed by atoms with Gasteiger partial charge in [-0.25, -0.2) is 0 Å². The van der Waals surface area contributed by atoms with Crippen LogP contribution < -0.4 is 10.1 Å². The molecule has 0 spiro atoms. The molecular weight excluding hydrogens is 420 g/mol. The lowest BCUT2D eigenvalue weighted by Gasteiger charge is -2.35. The predicted molar refractivity (Wildman–Crippen MR) is 123 cm³/mol. The summed E-state index contributed by atoms with van der Waals surface area (Å²) in [6, 6.07) is 15.8. The lowest BCUT2D eigenvalue weighted by molar-refractivity contribution is -0.153. The number of hydrogen-bond donors (Lipinski definition) is 1. The van der Waals surface area contributed by atoms with Gasteiger partial charge in [-0.15, -0.1) is 0 Å². The van der Waals surface area contributed by atoms with Crippen LogP contribution in [0.15, 0.2) is 54.6 Å². The topological polar surface area (TPSA) is 84.9 Å². The second kappa shape index (κ2) is 11.0. The van der Waals surface area contributed by atoms with Crippen LogP contribution in [0.2, 0.25) is 0 Å². The maximum absolute atomic E-state index is 13.2. The summed E-state index contributed by atoms with van der Waals surface area (Å²) in [7, 11) is 0. The largest absolute Gasteiger partial charge is 0.489 e. The van der Waals surface area contributed by atoms with Gasteiger partial charge >= 0.3 is 5.97 Å². The number of carbonyl (C=O) groups excluding carboxylic acids is 3. The summed E-state index contributed by atoms with van der Waals surface area (Å²) >= 11 is 0. The van der Waals surface area contributed by atoms with E-state index in [1.54, 1.807) is 24.3 Å². The summed E-state index contributed by atoms with van der Waals surface area (Å²) in [6.07, 6.45) is 4.79. The van der Waals surface area contributed by atoms with Gasteiger partial charge in [0.15, 0.2) is 0 Å². The van der Waals surface area contributed by atoms with Gasteiger partial charge in [0, 0.05) is 18.7 Å². The summed E-state index contributed by atoms with van der Waals surface area (Å²) in [4.78, 5) is 39.7. The van der Waals surface area contributed by atoms with Crippen molar-refractivity contribution in [3.8, 4) is 5.75 Å². The van der Waals surface area contributed by atoms with Crippen molar-refractivity contribution in [2.45, 2.75) is 57.3 Å². The second-order valence-corrected chi connectivity index (χ2v) is 8.56. The molecule has 4 rings (SSSR count). The summed E-state index contributed by atoms with van der Waals surface area (Å²) in [6.45, 7) is 1.14. The van der Waals surface area contributed by atoms with Crippen molar-refractivity contribution in [3.63, 3.8) is 0 Å². The Labute approximate surface area is 194 Å². The van der Waals surface area contributed by atoms with Gasteiger partial charge in [-0.3, -0.25) is 14.4 Å². The number of benzene rings is 2. The van der Waals surface area contributed by atoms with Crippen LogP contribution in [0.5, 0.6) is 5.75 Å². The minimum absolute atomic E-state index is 0.0783. The quantitative estimate of drug-likeness (QED) is 0.653. The summed E-state index contributed by atoms with van der Waals surface area (Å²) in [5, 5.41) is 2.76. The molecule has 174 valence electrons. The van der Waals surface area contributed by atoms with Crippen molar-refractivity contribution >= 4 is 17.8 Å². The first-order chi connectivity index (χ1) is 16.1. The monoisotopic (exact) mass is 450 g/mol. The molecule has 2 aromatic carbocycles. The third kappa shape index (κ3) is 6.12. The Kier molecular flexibility index (Phi) is 7.60. The zero-order chi connectivity index (χ0) is 23.0. The molecule has 1 atom stereocenters. The standard InChI is InChI=1S/C26H30N2O5/c29-24(33-22-9-5-2-6-10-22)17-23-25(30)27-15-16-28(23)26(31)20-11-13-21(14-12-20)32-18-19-7-3-1-4-8-19/h1,3-4,7-8,11-14,22-23H,2,5-6,9-10,15-18H2,(H,27,30). The molecule has 0 bridgehead atoms. The van der Waals surface area contributed by atoms with Crippen LogP contribution in [0.4, 0.5) is 0 Å². The first-order valence-corrected chi connectivity index (χ1v) is 11.6. The smallest absolute Gasteiger partial charge is 0.308 e. The zero-order valence-corrected chi connectivity index (χ0v) is 18.7. The SMILES string of the molecule is O=C(CC1C(=O)NCCN1C(=O)c1ccc(OCc2ccccc2)cc1)OC1CCCCC1. The second-order valence-electron chi connectivity index (χ2n) is 8.56. The van der Waals surface area contributed by atoms with Gasteiger partial charge in [-0.1, -0.05) is 36.8 Å². The summed E-state index contributed by atoms with van der Waals surface area (Å²) in [5.74, 6) is -0.376. The number of esters is 1. The molecule has 33 heavy (non-hydrogen) atoms. The highest BCUT2D eigenvalue weighted by Crippen LogP contribution is 2.22. The van der Waals surface area contributed by atoms with Gasteiger partial charge in [0.2, 0.25) is 5.91 Å². The number of rotatable bonds is 7. The first-order valence-electron chi connectivity index (χ1n) is 11.6. The van der Waals surface area contributed by atoms with E-state index in [9.17, 15) is 14.4 Å². The van der Waals surface area contributed by atoms with Gasteiger partial charge in [-0.05, 0) is 55.5 Å². The van der Waals surface area contributed by atoms with E-state index >= 15 is 0 Å². The number of piperazine rings is 1. The van der Waals surface area contributed by atoms with Crippen molar-refractivity contribution in [2.24, 2.45) is 0 Å². The number of ether oxygens (including phenoxy) is 2. The zero-order valence-electron chi connectivity index (χ0n) is 18.7. The van der Waals surface area contributed by atoms with Crippen LogP contribution in [0.1, 0.15) is 54.4 Å². The minimum atomic E-state index is -0.864. The Morgan fingerprint density at radius 2 is 1.70 bits per heavy atom. The summed E-state index contributed by atoms with van der Waals surface area (Å²) < 4.78 is 11.4. The fraction of sp³-hybridized carbons (Fsp3) is 0.423. The van der Waals surface area contributed by atoms with Crippen LogP contribution in [0.3, 0.4) is 0 Å². The molecular formula is C26H30N2O5. The van der Waals surface area contributed by atoms with E-state index in [4.69, 9.17) is 9.47 Å². The fourth-order valence-electron chi connectivity index (χ4n) is 4.34. The molecule has 2 amide bonds. The van der Waals surface area contributed by atoms with E-state index in [0.29, 0.717) is 31.0 Å². The molecule has 2 aliphatic rings. The van der Waals surface area contributed by atoms with Gasteiger partial charge in [0.1, 0.15) is 24.5 Å². The van der Waals surface area contributed by atoms with Gasteiger partial charge in [-0.2, -0.15) is 0 Å². The highest BCUT2D eigenvalue weighted by atomic mass is 16.5. The Morgan fingerprint density at radius 1 is 0.970 bits per heavy atom.